The molecule has 4 heterocycles. The van der Waals surface area contributed by atoms with Crippen molar-refractivity contribution in [3.05, 3.63) is 179 Å². The maximum absolute atomic E-state index is 5.45. The minimum Gasteiger partial charge on any atom is -0.324 e. The second-order valence-electron chi connectivity index (χ2n) is 17.3. The van der Waals surface area contributed by atoms with E-state index in [0.29, 0.717) is 49.6 Å². The Hall–Kier alpha value is -6.28. The third-order valence-corrected chi connectivity index (χ3v) is 11.5. The molecule has 0 bridgehead atoms. The average molecular weight is 795 g/mol. The Kier molecular flexibility index (Phi) is 11.8. The molecule has 306 valence electrons. The molecule has 8 rings (SSSR count). The molecule has 0 radical (unpaired) electrons. The van der Waals surface area contributed by atoms with E-state index < -0.39 is 0 Å². The summed E-state index contributed by atoms with van der Waals surface area (Å²) in [5.74, 6) is 4.68. The van der Waals surface area contributed by atoms with E-state index in [0.717, 1.165) is 34.7 Å². The molecule has 0 aliphatic carbocycles. The first kappa shape index (κ1) is 40.5. The summed E-state index contributed by atoms with van der Waals surface area (Å²) in [4.78, 5) is 20.8. The van der Waals surface area contributed by atoms with Crippen molar-refractivity contribution in [1.82, 2.24) is 38.2 Å². The number of aryl methyl sites for hydroxylation is 2. The Morgan fingerprint density at radius 3 is 1.10 bits per heavy atom. The standard InChI is InChI=1S/C52H58N8/c1-35(2)43-21-15-22-44(36(3)4)47(43)59-33-41(55-51(59)49-53-27-29-57(49)31-39-17-11-9-12-18-39)25-26-42-34-60(48-45(37(5)6)23-16-24-46(48)38(7)8)52(56-42)50-54-28-30-58(50)32-40-19-13-10-14-20-40/h9-24,27-30,33-38H,25-26,31-32H2,1-8H3. The summed E-state index contributed by atoms with van der Waals surface area (Å²) in [6.07, 6.45) is 13.8. The van der Waals surface area contributed by atoms with E-state index in [4.69, 9.17) is 19.9 Å². The van der Waals surface area contributed by atoms with Gasteiger partial charge in [0, 0.05) is 50.3 Å². The lowest BCUT2D eigenvalue weighted by Crippen LogP contribution is -2.10. The smallest absolute Gasteiger partial charge is 0.181 e. The third kappa shape index (κ3) is 8.29. The number of hydrogen-bond donors (Lipinski definition) is 0. The van der Waals surface area contributed by atoms with Crippen LogP contribution in [0.3, 0.4) is 0 Å². The maximum Gasteiger partial charge on any atom is 0.181 e. The van der Waals surface area contributed by atoms with Crippen LogP contribution >= 0.6 is 0 Å². The predicted octanol–water partition coefficient (Wildman–Crippen LogP) is 12.2. The minimum atomic E-state index is 0.322. The molecule has 0 atom stereocenters. The molecule has 0 unspecified atom stereocenters. The van der Waals surface area contributed by atoms with Gasteiger partial charge in [0.15, 0.2) is 23.3 Å². The van der Waals surface area contributed by atoms with Crippen LogP contribution in [0.15, 0.2) is 134 Å². The molecule has 60 heavy (non-hydrogen) atoms. The van der Waals surface area contributed by atoms with Crippen LogP contribution in [-0.2, 0) is 25.9 Å². The van der Waals surface area contributed by atoms with Crippen molar-refractivity contribution < 1.29 is 0 Å². The fraction of sp³-hybridized carbons (Fsp3) is 0.308. The largest absolute Gasteiger partial charge is 0.324 e. The summed E-state index contributed by atoms with van der Waals surface area (Å²) in [6, 6.07) is 34.6. The summed E-state index contributed by atoms with van der Waals surface area (Å²) in [6.45, 7) is 19.6. The summed E-state index contributed by atoms with van der Waals surface area (Å²) in [5, 5.41) is 0. The van der Waals surface area contributed by atoms with Crippen molar-refractivity contribution in [3.63, 3.8) is 0 Å². The highest BCUT2D eigenvalue weighted by atomic mass is 15.2. The van der Waals surface area contributed by atoms with Crippen molar-refractivity contribution in [3.8, 4) is 34.7 Å². The van der Waals surface area contributed by atoms with Crippen molar-refractivity contribution in [2.75, 3.05) is 0 Å². The van der Waals surface area contributed by atoms with Crippen LogP contribution in [0, 0.1) is 0 Å². The van der Waals surface area contributed by atoms with Gasteiger partial charge in [-0.3, -0.25) is 9.13 Å². The Balaban J connectivity index is 1.24. The maximum atomic E-state index is 5.45. The lowest BCUT2D eigenvalue weighted by atomic mass is 9.92. The second-order valence-corrected chi connectivity index (χ2v) is 17.3. The van der Waals surface area contributed by atoms with E-state index in [9.17, 15) is 0 Å². The van der Waals surface area contributed by atoms with E-state index in [-0.39, 0.29) is 0 Å². The summed E-state index contributed by atoms with van der Waals surface area (Å²) in [7, 11) is 0. The van der Waals surface area contributed by atoms with Gasteiger partial charge in [0.1, 0.15) is 0 Å². The van der Waals surface area contributed by atoms with Crippen LogP contribution < -0.4 is 0 Å². The minimum absolute atomic E-state index is 0.322. The molecule has 0 spiro atoms. The number of hydrogen-bond acceptors (Lipinski definition) is 4. The van der Waals surface area contributed by atoms with Crippen molar-refractivity contribution in [1.29, 1.82) is 0 Å². The Labute approximate surface area is 355 Å². The molecule has 4 aromatic heterocycles. The van der Waals surface area contributed by atoms with Crippen LogP contribution in [0.1, 0.15) is 124 Å². The lowest BCUT2D eigenvalue weighted by molar-refractivity contribution is 0.783. The zero-order valence-electron chi connectivity index (χ0n) is 36.4. The van der Waals surface area contributed by atoms with E-state index in [2.05, 4.69) is 196 Å². The van der Waals surface area contributed by atoms with Crippen molar-refractivity contribution >= 4 is 0 Å². The number of nitrogens with zero attached hydrogens (tertiary/aromatic N) is 8. The molecule has 8 heteroatoms. The van der Waals surface area contributed by atoms with Gasteiger partial charge in [0.2, 0.25) is 0 Å². The highest BCUT2D eigenvalue weighted by Crippen LogP contribution is 2.37. The molecule has 0 saturated heterocycles. The van der Waals surface area contributed by atoms with E-state index in [1.165, 1.54) is 44.8 Å². The van der Waals surface area contributed by atoms with Gasteiger partial charge in [-0.25, -0.2) is 19.9 Å². The van der Waals surface area contributed by atoms with Crippen LogP contribution in [0.5, 0.6) is 0 Å². The molecule has 0 saturated carbocycles. The lowest BCUT2D eigenvalue weighted by Gasteiger charge is -2.21. The molecular formula is C52H58N8. The highest BCUT2D eigenvalue weighted by molar-refractivity contribution is 5.61. The van der Waals surface area contributed by atoms with Gasteiger partial charge in [-0.1, -0.05) is 152 Å². The molecule has 0 N–H and O–H groups in total. The molecule has 4 aromatic carbocycles. The quantitative estimate of drug-likeness (QED) is 0.104. The molecule has 0 aliphatic heterocycles. The summed E-state index contributed by atoms with van der Waals surface area (Å²) < 4.78 is 9.08. The van der Waals surface area contributed by atoms with Crippen LogP contribution in [0.4, 0.5) is 0 Å². The van der Waals surface area contributed by atoms with Gasteiger partial charge >= 0.3 is 0 Å². The van der Waals surface area contributed by atoms with Crippen molar-refractivity contribution in [2.45, 2.75) is 105 Å². The summed E-state index contributed by atoms with van der Waals surface area (Å²) >= 11 is 0. The molecule has 8 aromatic rings. The van der Waals surface area contributed by atoms with Gasteiger partial charge in [0.25, 0.3) is 0 Å². The number of imidazole rings is 4. The van der Waals surface area contributed by atoms with E-state index >= 15 is 0 Å². The van der Waals surface area contributed by atoms with E-state index in [1.807, 2.05) is 12.4 Å². The normalized spacial score (nSPS) is 11.9. The fourth-order valence-electron chi connectivity index (χ4n) is 8.44. The fourth-order valence-corrected chi connectivity index (χ4v) is 8.44. The first-order valence-corrected chi connectivity index (χ1v) is 21.6. The zero-order valence-corrected chi connectivity index (χ0v) is 36.4. The molecular weight excluding hydrogens is 737 g/mol. The van der Waals surface area contributed by atoms with Crippen LogP contribution in [-0.4, -0.2) is 38.2 Å². The topological polar surface area (TPSA) is 71.3 Å². The highest BCUT2D eigenvalue weighted by Gasteiger charge is 2.25. The number of para-hydroxylation sites is 2. The Morgan fingerprint density at radius 1 is 0.417 bits per heavy atom. The molecule has 8 nitrogen and oxygen atoms in total. The first-order chi connectivity index (χ1) is 29.1. The Bertz CT molecular complexity index is 2430. The monoisotopic (exact) mass is 794 g/mol. The third-order valence-electron chi connectivity index (χ3n) is 11.5. The predicted molar refractivity (Wildman–Crippen MR) is 244 cm³/mol. The van der Waals surface area contributed by atoms with Gasteiger partial charge in [-0.2, -0.15) is 0 Å². The molecule has 0 aliphatic rings. The van der Waals surface area contributed by atoms with Gasteiger partial charge < -0.3 is 9.13 Å². The Morgan fingerprint density at radius 2 is 0.767 bits per heavy atom. The summed E-state index contributed by atoms with van der Waals surface area (Å²) in [5.41, 5.74) is 12.0. The number of aromatic nitrogens is 8. The second kappa shape index (κ2) is 17.5. The first-order valence-electron chi connectivity index (χ1n) is 21.6. The van der Waals surface area contributed by atoms with E-state index in [1.54, 1.807) is 0 Å². The average Bonchev–Trinajstić information content (AvgIpc) is 4.07. The van der Waals surface area contributed by atoms with Crippen LogP contribution in [0.25, 0.3) is 34.7 Å². The molecule has 0 fully saturated rings. The van der Waals surface area contributed by atoms with Gasteiger partial charge in [-0.15, -0.1) is 0 Å². The van der Waals surface area contributed by atoms with Gasteiger partial charge in [0.05, 0.1) is 22.8 Å². The van der Waals surface area contributed by atoms with Crippen molar-refractivity contribution in [2.24, 2.45) is 0 Å². The molecule has 0 amide bonds. The van der Waals surface area contributed by atoms with Crippen LogP contribution in [0.2, 0.25) is 0 Å². The zero-order chi connectivity index (χ0) is 41.9. The SMILES string of the molecule is CC(C)c1cccc(C(C)C)c1-n1cc(CCc2cn(-c3c(C(C)C)cccc3C(C)C)c(-c3nccn3Cc3ccccc3)n2)nc1-c1nccn1Cc1ccccc1. The number of benzene rings is 4. The van der Waals surface area contributed by atoms with Gasteiger partial charge in [-0.05, 0) is 69.9 Å². The number of rotatable bonds is 15.